The molecule has 0 bridgehead atoms. The van der Waals surface area contributed by atoms with Gasteiger partial charge in [-0.15, -0.1) is 0 Å². The Kier molecular flexibility index (Phi) is 6.64. The number of rotatable bonds is 7. The highest BCUT2D eigenvalue weighted by Gasteiger charge is 2.55. The molecular weight excluding hydrogens is 461 g/mol. The van der Waals surface area contributed by atoms with Crippen molar-refractivity contribution in [3.63, 3.8) is 0 Å². The van der Waals surface area contributed by atoms with Gasteiger partial charge in [0.25, 0.3) is 5.56 Å². The second-order valence-electron chi connectivity index (χ2n) is 7.64. The first-order chi connectivity index (χ1) is 15.7. The number of phosphoric acid groups is 1. The van der Waals surface area contributed by atoms with Crippen LogP contribution in [0.1, 0.15) is 45.8 Å². The number of H-pyrrole nitrogens is 1. The number of ether oxygens (including phenoxy) is 2. The maximum absolute atomic E-state index is 12.5. The van der Waals surface area contributed by atoms with Gasteiger partial charge in [0.1, 0.15) is 12.2 Å². The highest BCUT2D eigenvalue weighted by Crippen LogP contribution is 2.53. The smallest absolute Gasteiger partial charge is 0.455 e. The van der Waals surface area contributed by atoms with Crippen LogP contribution < -0.4 is 10.9 Å². The Morgan fingerprint density at radius 1 is 1.36 bits per heavy atom. The van der Waals surface area contributed by atoms with E-state index in [2.05, 4.69) is 20.3 Å². The van der Waals surface area contributed by atoms with Crippen LogP contribution in [0.2, 0.25) is 0 Å². The number of nitrogens with zero attached hydrogens (tertiary/aromatic N) is 3. The van der Waals surface area contributed by atoms with E-state index in [0.29, 0.717) is 12.8 Å². The van der Waals surface area contributed by atoms with Crippen LogP contribution in [-0.4, -0.2) is 61.2 Å². The zero-order valence-electron chi connectivity index (χ0n) is 17.9. The monoisotopic (exact) mass is 485 g/mol. The number of amides is 1. The summed E-state index contributed by atoms with van der Waals surface area (Å²) in [6.45, 7) is 3.37. The predicted octanol–water partition coefficient (Wildman–Crippen LogP) is 0.983. The first-order valence-electron chi connectivity index (χ1n) is 10.5. The van der Waals surface area contributed by atoms with Crippen LogP contribution >= 0.6 is 7.82 Å². The molecule has 2 aliphatic rings. The molecule has 14 nitrogen and oxygen atoms in total. The summed E-state index contributed by atoms with van der Waals surface area (Å²) in [5, 5.41) is 2.52. The third-order valence-electron chi connectivity index (χ3n) is 5.11. The SMILES string of the molecule is CCCC(=O)Nc1nc2c(ncn2[C@@H]2O[C@H]3COP(=O)(O)O[C@@H]3[C@@H]2OC(=O)CCC)c(=O)[nH]1. The molecule has 0 spiro atoms. The van der Waals surface area contributed by atoms with Gasteiger partial charge in [-0.2, -0.15) is 4.98 Å². The van der Waals surface area contributed by atoms with E-state index >= 15 is 0 Å². The van der Waals surface area contributed by atoms with Crippen molar-refractivity contribution in [2.45, 2.75) is 64.1 Å². The minimum atomic E-state index is -4.36. The fourth-order valence-electron chi connectivity index (χ4n) is 3.68. The molecule has 33 heavy (non-hydrogen) atoms. The Labute approximate surface area is 187 Å². The topological polar surface area (TPSA) is 184 Å². The van der Waals surface area contributed by atoms with Crippen LogP contribution in [0.4, 0.5) is 5.95 Å². The number of esters is 1. The zero-order valence-corrected chi connectivity index (χ0v) is 18.8. The summed E-state index contributed by atoms with van der Waals surface area (Å²) in [7, 11) is -4.36. The first-order valence-corrected chi connectivity index (χ1v) is 12.0. The normalized spacial score (nSPS) is 29.1. The summed E-state index contributed by atoms with van der Waals surface area (Å²) in [5.74, 6) is -0.964. The Bertz CT molecular complexity index is 1160. The number of nitrogens with one attached hydrogen (secondary N) is 2. The molecule has 2 aromatic rings. The Morgan fingerprint density at radius 2 is 2.12 bits per heavy atom. The van der Waals surface area contributed by atoms with Gasteiger partial charge in [-0.3, -0.25) is 38.3 Å². The van der Waals surface area contributed by atoms with Crippen LogP contribution in [0.3, 0.4) is 0 Å². The molecule has 2 saturated heterocycles. The number of hydrogen-bond donors (Lipinski definition) is 3. The van der Waals surface area contributed by atoms with Gasteiger partial charge in [-0.1, -0.05) is 13.8 Å². The quantitative estimate of drug-likeness (QED) is 0.375. The summed E-state index contributed by atoms with van der Waals surface area (Å²) < 4.78 is 34.8. The fraction of sp³-hybridized carbons (Fsp3) is 0.611. The number of anilines is 1. The molecule has 4 rings (SSSR count). The maximum Gasteiger partial charge on any atom is 0.472 e. The highest BCUT2D eigenvalue weighted by atomic mass is 31.2. The summed E-state index contributed by atoms with van der Waals surface area (Å²) in [5.41, 5.74) is -0.579. The van der Waals surface area contributed by atoms with Crippen LogP contribution in [0.5, 0.6) is 0 Å². The molecular formula is C18H24N5O9P. The second-order valence-corrected chi connectivity index (χ2v) is 9.05. The van der Waals surface area contributed by atoms with Gasteiger partial charge >= 0.3 is 13.8 Å². The van der Waals surface area contributed by atoms with E-state index in [1.165, 1.54) is 10.9 Å². The van der Waals surface area contributed by atoms with Gasteiger partial charge in [0.15, 0.2) is 23.5 Å². The Balaban J connectivity index is 1.72. The van der Waals surface area contributed by atoms with Gasteiger partial charge in [0.05, 0.1) is 12.9 Å². The van der Waals surface area contributed by atoms with Crippen molar-refractivity contribution in [3.8, 4) is 0 Å². The lowest BCUT2D eigenvalue weighted by Gasteiger charge is -2.29. The fourth-order valence-corrected chi connectivity index (χ4v) is 4.64. The minimum absolute atomic E-state index is 0.0365. The average molecular weight is 485 g/mol. The standard InChI is InChI=1S/C18H24N5O9P/c1-3-5-10(24)20-18-21-15-12(16(26)22-18)19-8-23(15)17-14(31-11(25)6-4-2)13-9(30-17)7-29-33(27,28)32-13/h8-9,13-14,17H,3-7H2,1-2H3,(H,27,28)(H2,20,21,22,24,26)/t9-,13-,14-,17+/m0/s1. The predicted molar refractivity (Wildman–Crippen MR) is 111 cm³/mol. The molecule has 0 saturated carbocycles. The maximum atomic E-state index is 12.5. The number of imidazole rings is 1. The minimum Gasteiger partial charge on any atom is -0.455 e. The zero-order chi connectivity index (χ0) is 23.8. The molecule has 2 fully saturated rings. The third kappa shape index (κ3) is 4.84. The Morgan fingerprint density at radius 3 is 2.85 bits per heavy atom. The van der Waals surface area contributed by atoms with Crippen molar-refractivity contribution in [1.82, 2.24) is 19.5 Å². The summed E-state index contributed by atoms with van der Waals surface area (Å²) >= 11 is 0. The molecule has 0 aliphatic carbocycles. The van der Waals surface area contributed by atoms with E-state index in [1.54, 1.807) is 6.92 Å². The molecule has 0 aromatic carbocycles. The molecule has 2 aliphatic heterocycles. The van der Waals surface area contributed by atoms with Crippen molar-refractivity contribution in [2.75, 3.05) is 11.9 Å². The van der Waals surface area contributed by atoms with Crippen molar-refractivity contribution >= 4 is 36.8 Å². The summed E-state index contributed by atoms with van der Waals surface area (Å²) in [6, 6.07) is 0. The molecule has 0 radical (unpaired) electrons. The van der Waals surface area contributed by atoms with Crippen molar-refractivity contribution < 1.29 is 37.6 Å². The van der Waals surface area contributed by atoms with Gasteiger partial charge in [0.2, 0.25) is 11.9 Å². The lowest BCUT2D eigenvalue weighted by atomic mass is 10.1. The summed E-state index contributed by atoms with van der Waals surface area (Å²) in [6.07, 6.45) is -1.39. The van der Waals surface area contributed by atoms with Gasteiger partial charge in [-0.05, 0) is 12.8 Å². The van der Waals surface area contributed by atoms with Gasteiger partial charge in [-0.25, -0.2) is 9.55 Å². The van der Waals surface area contributed by atoms with E-state index in [4.69, 9.17) is 18.5 Å². The largest absolute Gasteiger partial charge is 0.472 e. The van der Waals surface area contributed by atoms with Crippen LogP contribution in [0.15, 0.2) is 11.1 Å². The highest BCUT2D eigenvalue weighted by molar-refractivity contribution is 7.47. The number of aromatic nitrogens is 4. The number of hydrogen-bond acceptors (Lipinski definition) is 10. The molecule has 180 valence electrons. The molecule has 3 N–H and O–H groups in total. The Hall–Kier alpha value is -2.64. The van der Waals surface area contributed by atoms with E-state index in [9.17, 15) is 23.8 Å². The molecule has 2 aromatic heterocycles. The third-order valence-corrected chi connectivity index (χ3v) is 6.09. The lowest BCUT2D eigenvalue weighted by molar-refractivity contribution is -0.158. The number of phosphoric ester groups is 1. The molecule has 5 atom stereocenters. The van der Waals surface area contributed by atoms with Crippen LogP contribution in [0.25, 0.3) is 11.2 Å². The summed E-state index contributed by atoms with van der Waals surface area (Å²) in [4.78, 5) is 57.2. The van der Waals surface area contributed by atoms with Crippen LogP contribution in [0, 0.1) is 0 Å². The number of aromatic amines is 1. The molecule has 4 heterocycles. The number of fused-ring (bicyclic) bond motifs is 2. The van der Waals surface area contributed by atoms with Crippen molar-refractivity contribution in [2.24, 2.45) is 0 Å². The van der Waals surface area contributed by atoms with Gasteiger partial charge < -0.3 is 14.4 Å². The average Bonchev–Trinajstić information content (AvgIpc) is 3.29. The second kappa shape index (κ2) is 9.31. The van der Waals surface area contributed by atoms with Gasteiger partial charge in [0, 0.05) is 12.8 Å². The molecule has 15 heteroatoms. The lowest BCUT2D eigenvalue weighted by Crippen LogP contribution is -2.41. The van der Waals surface area contributed by atoms with Crippen molar-refractivity contribution in [1.29, 1.82) is 0 Å². The van der Waals surface area contributed by atoms with E-state index < -0.39 is 43.9 Å². The molecule has 1 amide bonds. The van der Waals surface area contributed by atoms with Crippen LogP contribution in [-0.2, 0) is 32.7 Å². The molecule has 1 unspecified atom stereocenters. The van der Waals surface area contributed by atoms with E-state index in [1.807, 2.05) is 6.92 Å². The number of carbonyl (C=O) groups excluding carboxylic acids is 2. The van der Waals surface area contributed by atoms with E-state index in [0.717, 1.165) is 0 Å². The number of carbonyl (C=O) groups is 2. The van der Waals surface area contributed by atoms with E-state index in [-0.39, 0.29) is 42.5 Å². The first kappa shape index (κ1) is 23.5. The van der Waals surface area contributed by atoms with Crippen molar-refractivity contribution in [3.05, 3.63) is 16.7 Å².